The van der Waals surface area contributed by atoms with E-state index in [1.54, 1.807) is 18.2 Å². The number of hydrogen-bond acceptors (Lipinski definition) is 2. The Kier molecular flexibility index (Phi) is 1.89. The first kappa shape index (κ1) is 8.72. The van der Waals surface area contributed by atoms with E-state index >= 15 is 0 Å². The molecule has 0 spiro atoms. The maximum absolute atomic E-state index is 11.3. The van der Waals surface area contributed by atoms with Gasteiger partial charge in [0.05, 0.1) is 11.3 Å². The Morgan fingerprint density at radius 3 is 2.62 bits per heavy atom. The molecule has 0 aromatic heterocycles. The summed E-state index contributed by atoms with van der Waals surface area (Å²) in [5.74, 6) is -1.28. The number of fused-ring (bicyclic) bond motifs is 1. The van der Waals surface area contributed by atoms with Gasteiger partial charge in [0.15, 0.2) is 0 Å². The van der Waals surface area contributed by atoms with Gasteiger partial charge in [0.25, 0.3) is 5.78 Å². The summed E-state index contributed by atoms with van der Waals surface area (Å²) in [6.07, 6.45) is 0. The minimum absolute atomic E-state index is 0.336. The predicted octanol–water partition coefficient (Wildman–Crippen LogP) is 2.13. The van der Waals surface area contributed by atoms with Gasteiger partial charge < -0.3 is 0 Å². The summed E-state index contributed by atoms with van der Waals surface area (Å²) < 4.78 is 1.43. The van der Waals surface area contributed by atoms with Crippen LogP contribution in [0.25, 0.3) is 0 Å². The van der Waals surface area contributed by atoms with Crippen molar-refractivity contribution in [1.82, 2.24) is 0 Å². The lowest BCUT2D eigenvalue weighted by atomic mass is 10.1. The van der Waals surface area contributed by atoms with E-state index < -0.39 is 11.7 Å². The zero-order valence-corrected chi connectivity index (χ0v) is 8.59. The van der Waals surface area contributed by atoms with Crippen molar-refractivity contribution in [3.05, 3.63) is 28.2 Å². The summed E-state index contributed by atoms with van der Waals surface area (Å²) in [6.45, 7) is 0. The lowest BCUT2D eigenvalue weighted by Gasteiger charge is -2.03. The highest BCUT2D eigenvalue weighted by atomic mass is 79.9. The van der Waals surface area contributed by atoms with Crippen LogP contribution < -0.4 is 4.42 Å². The maximum Gasteiger partial charge on any atom is 0.314 e. The number of halogens is 2. The number of nitrogens with zero attached hydrogens (tertiary/aromatic N) is 1. The average molecular weight is 260 g/mol. The van der Waals surface area contributed by atoms with Gasteiger partial charge in [-0.15, -0.1) is 0 Å². The summed E-state index contributed by atoms with van der Waals surface area (Å²) in [5.41, 5.74) is 0.772. The second-order valence-corrected chi connectivity index (χ2v) is 3.74. The van der Waals surface area contributed by atoms with E-state index in [1.807, 2.05) is 0 Å². The lowest BCUT2D eigenvalue weighted by molar-refractivity contribution is -0.113. The van der Waals surface area contributed by atoms with Crippen molar-refractivity contribution in [2.45, 2.75) is 0 Å². The maximum atomic E-state index is 11.3. The average Bonchev–Trinajstić information content (AvgIpc) is 2.33. The fourth-order valence-electron chi connectivity index (χ4n) is 1.21. The monoisotopic (exact) mass is 259 g/mol. The van der Waals surface area contributed by atoms with Crippen molar-refractivity contribution in [2.24, 2.45) is 0 Å². The fraction of sp³-hybridized carbons (Fsp3) is 0. The normalized spacial score (nSPS) is 15.1. The molecule has 13 heavy (non-hydrogen) atoms. The number of benzene rings is 1. The standard InChI is InChI=1S/C8H3BrClNO2/c9-4-2-1-3-5-6(4)7(12)8(13)11(5)10/h1-3H. The molecule has 66 valence electrons. The Bertz CT molecular complexity index is 419. The Morgan fingerprint density at radius 2 is 2.00 bits per heavy atom. The van der Waals surface area contributed by atoms with E-state index in [0.29, 0.717) is 15.7 Å². The molecule has 0 saturated heterocycles. The number of hydrogen-bond donors (Lipinski definition) is 0. The molecule has 0 radical (unpaired) electrons. The minimum Gasteiger partial charge on any atom is -0.283 e. The Labute approximate surface area is 87.5 Å². The molecule has 1 aromatic rings. The first-order valence-electron chi connectivity index (χ1n) is 3.46. The number of anilines is 1. The summed E-state index contributed by atoms with van der Waals surface area (Å²) in [7, 11) is 0. The van der Waals surface area contributed by atoms with Gasteiger partial charge in [-0.25, -0.2) is 4.42 Å². The third kappa shape index (κ3) is 1.09. The third-order valence-corrected chi connectivity index (χ3v) is 2.80. The highest BCUT2D eigenvalue weighted by Gasteiger charge is 2.36. The number of ketones is 1. The molecule has 0 atom stereocenters. The first-order chi connectivity index (χ1) is 6.13. The summed E-state index contributed by atoms with van der Waals surface area (Å²) in [4.78, 5) is 22.5. The van der Waals surface area contributed by atoms with Gasteiger partial charge in [-0.05, 0) is 28.1 Å². The first-order valence-corrected chi connectivity index (χ1v) is 4.59. The third-order valence-electron chi connectivity index (χ3n) is 1.80. The quantitative estimate of drug-likeness (QED) is 0.529. The number of rotatable bonds is 0. The van der Waals surface area contributed by atoms with Crippen molar-refractivity contribution >= 4 is 45.1 Å². The van der Waals surface area contributed by atoms with E-state index in [4.69, 9.17) is 11.8 Å². The largest absolute Gasteiger partial charge is 0.314 e. The lowest BCUT2D eigenvalue weighted by Crippen LogP contribution is -2.19. The molecule has 0 saturated carbocycles. The van der Waals surface area contributed by atoms with Crippen LogP contribution in [-0.4, -0.2) is 11.7 Å². The van der Waals surface area contributed by atoms with E-state index in [9.17, 15) is 9.59 Å². The van der Waals surface area contributed by atoms with Gasteiger partial charge in [-0.3, -0.25) is 9.59 Å². The number of carbonyl (C=O) groups excluding carboxylic acids is 2. The van der Waals surface area contributed by atoms with Crippen molar-refractivity contribution in [3.63, 3.8) is 0 Å². The molecule has 1 aliphatic heterocycles. The van der Waals surface area contributed by atoms with Crippen LogP contribution in [0, 0.1) is 0 Å². The highest BCUT2D eigenvalue weighted by Crippen LogP contribution is 2.35. The van der Waals surface area contributed by atoms with Gasteiger partial charge in [0.2, 0.25) is 0 Å². The second kappa shape index (κ2) is 2.82. The highest BCUT2D eigenvalue weighted by molar-refractivity contribution is 9.10. The molecule has 1 aliphatic rings. The van der Waals surface area contributed by atoms with Crippen LogP contribution in [0.4, 0.5) is 5.69 Å². The molecule has 2 rings (SSSR count). The molecular formula is C8H3BrClNO2. The van der Waals surface area contributed by atoms with Crippen molar-refractivity contribution < 1.29 is 9.59 Å². The fourth-order valence-corrected chi connectivity index (χ4v) is 1.96. The van der Waals surface area contributed by atoms with Gasteiger partial charge in [0, 0.05) is 16.2 Å². The van der Waals surface area contributed by atoms with Crippen LogP contribution in [0.1, 0.15) is 10.4 Å². The molecule has 1 amide bonds. The smallest absolute Gasteiger partial charge is 0.283 e. The van der Waals surface area contributed by atoms with E-state index in [2.05, 4.69) is 15.9 Å². The van der Waals surface area contributed by atoms with Crippen LogP contribution in [0.15, 0.2) is 22.7 Å². The topological polar surface area (TPSA) is 37.4 Å². The number of Topliss-reactive ketones (excluding diaryl/α,β-unsaturated/α-hetero) is 1. The van der Waals surface area contributed by atoms with Crippen molar-refractivity contribution in [3.8, 4) is 0 Å². The summed E-state index contributed by atoms with van der Waals surface area (Å²) >= 11 is 8.79. The Balaban J connectivity index is 2.73. The van der Waals surface area contributed by atoms with Crippen LogP contribution >= 0.6 is 27.7 Å². The minimum atomic E-state index is -0.705. The Hall–Kier alpha value is -0.870. The SMILES string of the molecule is O=C1C(=O)N(Cl)c2cccc(Br)c21. The molecule has 5 heteroatoms. The molecule has 0 bridgehead atoms. The van der Waals surface area contributed by atoms with Crippen LogP contribution in [0.5, 0.6) is 0 Å². The van der Waals surface area contributed by atoms with Crippen LogP contribution in [-0.2, 0) is 4.79 Å². The summed E-state index contributed by atoms with van der Waals surface area (Å²) in [6, 6.07) is 5.03. The van der Waals surface area contributed by atoms with Gasteiger partial charge in [-0.1, -0.05) is 6.07 Å². The molecular weight excluding hydrogens is 257 g/mol. The molecule has 0 unspecified atom stereocenters. The second-order valence-electron chi connectivity index (χ2n) is 2.55. The van der Waals surface area contributed by atoms with E-state index in [-0.39, 0.29) is 0 Å². The predicted molar refractivity (Wildman–Crippen MR) is 51.8 cm³/mol. The Morgan fingerprint density at radius 1 is 1.31 bits per heavy atom. The van der Waals surface area contributed by atoms with Crippen molar-refractivity contribution in [1.29, 1.82) is 0 Å². The molecule has 0 aliphatic carbocycles. The van der Waals surface area contributed by atoms with E-state index in [1.165, 1.54) is 0 Å². The van der Waals surface area contributed by atoms with Crippen molar-refractivity contribution in [2.75, 3.05) is 4.42 Å². The molecule has 3 nitrogen and oxygen atoms in total. The van der Waals surface area contributed by atoms with Crippen LogP contribution in [0.3, 0.4) is 0 Å². The summed E-state index contributed by atoms with van der Waals surface area (Å²) in [5, 5.41) is 0. The van der Waals surface area contributed by atoms with Crippen LogP contribution in [0.2, 0.25) is 0 Å². The molecule has 0 N–H and O–H groups in total. The van der Waals surface area contributed by atoms with Gasteiger partial charge >= 0.3 is 5.91 Å². The molecule has 0 fully saturated rings. The number of carbonyl (C=O) groups is 2. The molecule has 1 aromatic carbocycles. The zero-order valence-electron chi connectivity index (χ0n) is 6.25. The van der Waals surface area contributed by atoms with Gasteiger partial charge in [-0.2, -0.15) is 0 Å². The van der Waals surface area contributed by atoms with Gasteiger partial charge in [0.1, 0.15) is 0 Å². The zero-order chi connectivity index (χ0) is 9.59. The van der Waals surface area contributed by atoms with E-state index in [0.717, 1.165) is 4.42 Å². The molecule has 1 heterocycles. The number of amides is 1.